The molecule has 1 aromatic carbocycles. The molecule has 3 nitrogen and oxygen atoms in total. The van der Waals surface area contributed by atoms with Crippen molar-refractivity contribution in [2.24, 2.45) is 0 Å². The minimum absolute atomic E-state index is 0.600. The van der Waals surface area contributed by atoms with Crippen LogP contribution in [0.4, 0.5) is 5.69 Å². The van der Waals surface area contributed by atoms with Crippen LogP contribution < -0.4 is 10.1 Å². The van der Waals surface area contributed by atoms with Crippen molar-refractivity contribution < 1.29 is 4.74 Å². The molecule has 4 heteroatoms. The first-order valence-electron chi connectivity index (χ1n) is 5.79. The van der Waals surface area contributed by atoms with E-state index in [1.54, 1.807) is 11.3 Å². The number of thiazole rings is 1. The minimum atomic E-state index is 0.600. The van der Waals surface area contributed by atoms with Crippen LogP contribution in [0.1, 0.15) is 16.9 Å². The van der Waals surface area contributed by atoms with Gasteiger partial charge >= 0.3 is 0 Å². The van der Waals surface area contributed by atoms with Crippen LogP contribution >= 0.6 is 11.3 Å². The number of ether oxygens (including phenoxy) is 1. The highest BCUT2D eigenvalue weighted by molar-refractivity contribution is 7.09. The van der Waals surface area contributed by atoms with E-state index in [1.165, 1.54) is 17.7 Å². The summed E-state index contributed by atoms with van der Waals surface area (Å²) in [6, 6.07) is 6.26. The van der Waals surface area contributed by atoms with Crippen molar-refractivity contribution in [1.29, 1.82) is 0 Å². The number of rotatable bonds is 3. The zero-order valence-electron chi connectivity index (χ0n) is 9.48. The molecule has 88 valence electrons. The van der Waals surface area contributed by atoms with Gasteiger partial charge in [-0.15, -0.1) is 11.3 Å². The summed E-state index contributed by atoms with van der Waals surface area (Å²) < 4.78 is 5.86. The Morgan fingerprint density at radius 3 is 3.29 bits per heavy atom. The second kappa shape index (κ2) is 4.75. The standard InChI is InChI=1S/C13H14N2OS/c1-3-10-4-2-6-15-13(10)12(5-1)16-8-11-7-14-9-17-11/h1,3,5,7,9,15H,2,4,6,8H2. The maximum Gasteiger partial charge on any atom is 0.143 e. The molecule has 1 aliphatic heterocycles. The van der Waals surface area contributed by atoms with E-state index in [0.29, 0.717) is 6.61 Å². The predicted molar refractivity (Wildman–Crippen MR) is 69.7 cm³/mol. The van der Waals surface area contributed by atoms with Crippen molar-refractivity contribution in [1.82, 2.24) is 4.98 Å². The number of nitrogens with zero attached hydrogens (tertiary/aromatic N) is 1. The van der Waals surface area contributed by atoms with Crippen molar-refractivity contribution in [3.05, 3.63) is 40.3 Å². The van der Waals surface area contributed by atoms with Gasteiger partial charge in [-0.05, 0) is 24.5 Å². The van der Waals surface area contributed by atoms with Crippen LogP contribution in [0.5, 0.6) is 5.75 Å². The van der Waals surface area contributed by atoms with Gasteiger partial charge in [0, 0.05) is 12.7 Å². The minimum Gasteiger partial charge on any atom is -0.486 e. The van der Waals surface area contributed by atoms with Crippen LogP contribution in [0, 0.1) is 0 Å². The molecule has 17 heavy (non-hydrogen) atoms. The molecule has 0 aliphatic carbocycles. The normalized spacial score (nSPS) is 13.9. The number of nitrogens with one attached hydrogen (secondary N) is 1. The van der Waals surface area contributed by atoms with Crippen LogP contribution in [0.2, 0.25) is 0 Å². The Labute approximate surface area is 104 Å². The predicted octanol–water partition coefficient (Wildman–Crippen LogP) is 3.08. The molecular formula is C13H14N2OS. The Bertz CT molecular complexity index is 496. The molecule has 0 bridgehead atoms. The van der Waals surface area contributed by atoms with E-state index in [1.807, 2.05) is 17.8 Å². The molecule has 1 aromatic heterocycles. The van der Waals surface area contributed by atoms with E-state index in [2.05, 4.69) is 22.4 Å². The number of para-hydroxylation sites is 1. The van der Waals surface area contributed by atoms with Crippen molar-refractivity contribution in [2.75, 3.05) is 11.9 Å². The molecule has 0 saturated heterocycles. The molecule has 2 heterocycles. The average molecular weight is 246 g/mol. The summed E-state index contributed by atoms with van der Waals surface area (Å²) in [6.07, 6.45) is 4.19. The Kier molecular flexibility index (Phi) is 2.96. The summed E-state index contributed by atoms with van der Waals surface area (Å²) in [7, 11) is 0. The zero-order valence-corrected chi connectivity index (χ0v) is 10.3. The molecule has 1 N–H and O–H groups in total. The number of aryl methyl sites for hydroxylation is 1. The lowest BCUT2D eigenvalue weighted by Crippen LogP contribution is -2.13. The molecular weight excluding hydrogens is 232 g/mol. The second-order valence-corrected chi connectivity index (χ2v) is 5.05. The fraction of sp³-hybridized carbons (Fsp3) is 0.308. The first-order chi connectivity index (χ1) is 8.43. The highest BCUT2D eigenvalue weighted by atomic mass is 32.1. The Hall–Kier alpha value is -1.55. The molecule has 0 atom stereocenters. The van der Waals surface area contributed by atoms with Gasteiger partial charge in [0.1, 0.15) is 12.4 Å². The zero-order chi connectivity index (χ0) is 11.5. The molecule has 0 spiro atoms. The third-order valence-corrected chi connectivity index (χ3v) is 3.64. The third-order valence-electron chi connectivity index (χ3n) is 2.89. The monoisotopic (exact) mass is 246 g/mol. The fourth-order valence-electron chi connectivity index (χ4n) is 2.06. The Morgan fingerprint density at radius 2 is 2.41 bits per heavy atom. The van der Waals surface area contributed by atoms with Crippen LogP contribution in [0.15, 0.2) is 29.9 Å². The number of anilines is 1. The van der Waals surface area contributed by atoms with Crippen molar-refractivity contribution >= 4 is 17.0 Å². The number of aromatic nitrogens is 1. The van der Waals surface area contributed by atoms with Crippen molar-refractivity contribution in [3.63, 3.8) is 0 Å². The number of benzene rings is 1. The Morgan fingerprint density at radius 1 is 1.41 bits per heavy atom. The summed E-state index contributed by atoms with van der Waals surface area (Å²) in [4.78, 5) is 5.20. The average Bonchev–Trinajstić information content (AvgIpc) is 2.89. The quantitative estimate of drug-likeness (QED) is 0.903. The van der Waals surface area contributed by atoms with E-state index in [9.17, 15) is 0 Å². The topological polar surface area (TPSA) is 34.1 Å². The lowest BCUT2D eigenvalue weighted by atomic mass is 10.0. The lowest BCUT2D eigenvalue weighted by molar-refractivity contribution is 0.310. The van der Waals surface area contributed by atoms with Gasteiger partial charge in [-0.25, -0.2) is 0 Å². The van der Waals surface area contributed by atoms with E-state index in [4.69, 9.17) is 4.74 Å². The molecule has 3 rings (SSSR count). The molecule has 1 aliphatic rings. The molecule has 0 amide bonds. The summed E-state index contributed by atoms with van der Waals surface area (Å²) in [6.45, 7) is 1.64. The molecule has 0 saturated carbocycles. The van der Waals surface area contributed by atoms with Gasteiger partial charge in [-0.3, -0.25) is 4.98 Å². The summed E-state index contributed by atoms with van der Waals surface area (Å²) >= 11 is 1.62. The highest BCUT2D eigenvalue weighted by Crippen LogP contribution is 2.32. The van der Waals surface area contributed by atoms with Crippen LogP contribution in [-0.4, -0.2) is 11.5 Å². The van der Waals surface area contributed by atoms with Gasteiger partial charge in [-0.1, -0.05) is 12.1 Å². The van der Waals surface area contributed by atoms with Crippen LogP contribution in [-0.2, 0) is 13.0 Å². The lowest BCUT2D eigenvalue weighted by Gasteiger charge is -2.20. The van der Waals surface area contributed by atoms with E-state index in [0.717, 1.165) is 23.6 Å². The number of fused-ring (bicyclic) bond motifs is 1. The number of hydrogen-bond donors (Lipinski definition) is 1. The maximum absolute atomic E-state index is 5.86. The van der Waals surface area contributed by atoms with E-state index >= 15 is 0 Å². The van der Waals surface area contributed by atoms with Gasteiger partial charge in [0.25, 0.3) is 0 Å². The van der Waals surface area contributed by atoms with E-state index < -0.39 is 0 Å². The number of hydrogen-bond acceptors (Lipinski definition) is 4. The molecule has 2 aromatic rings. The van der Waals surface area contributed by atoms with Gasteiger partial charge in [0.2, 0.25) is 0 Å². The van der Waals surface area contributed by atoms with Crippen LogP contribution in [0.3, 0.4) is 0 Å². The first-order valence-corrected chi connectivity index (χ1v) is 6.67. The highest BCUT2D eigenvalue weighted by Gasteiger charge is 2.13. The van der Waals surface area contributed by atoms with Gasteiger partial charge in [-0.2, -0.15) is 0 Å². The summed E-state index contributed by atoms with van der Waals surface area (Å²) in [5.74, 6) is 0.954. The summed E-state index contributed by atoms with van der Waals surface area (Å²) in [5, 5.41) is 3.42. The van der Waals surface area contributed by atoms with Gasteiger partial charge < -0.3 is 10.1 Å². The maximum atomic E-state index is 5.86. The van der Waals surface area contributed by atoms with E-state index in [-0.39, 0.29) is 0 Å². The largest absolute Gasteiger partial charge is 0.486 e. The van der Waals surface area contributed by atoms with Crippen LogP contribution in [0.25, 0.3) is 0 Å². The SMILES string of the molecule is c1cc2c(c(OCc3cncs3)c1)NCCC2. The second-order valence-electron chi connectivity index (χ2n) is 4.08. The Balaban J connectivity index is 1.78. The van der Waals surface area contributed by atoms with Gasteiger partial charge in [0.15, 0.2) is 0 Å². The van der Waals surface area contributed by atoms with Crippen molar-refractivity contribution in [2.45, 2.75) is 19.4 Å². The van der Waals surface area contributed by atoms with Crippen molar-refractivity contribution in [3.8, 4) is 5.75 Å². The molecule has 0 radical (unpaired) electrons. The molecule has 0 unspecified atom stereocenters. The smallest absolute Gasteiger partial charge is 0.143 e. The first kappa shape index (κ1) is 10.6. The van der Waals surface area contributed by atoms with Gasteiger partial charge in [0.05, 0.1) is 16.1 Å². The third kappa shape index (κ3) is 2.26. The molecule has 0 fully saturated rings. The fourth-order valence-corrected chi connectivity index (χ4v) is 2.57. The summed E-state index contributed by atoms with van der Waals surface area (Å²) in [5.41, 5.74) is 4.36.